The molecular weight excluding hydrogens is 276 g/mol. The number of carbonyl (C=O) groups is 1. The molecule has 0 aliphatic rings. The van der Waals surface area contributed by atoms with Gasteiger partial charge in [-0.3, -0.25) is 4.79 Å². The maximum atomic E-state index is 12.4. The zero-order valence-corrected chi connectivity index (χ0v) is 13.3. The van der Waals surface area contributed by atoms with Crippen LogP contribution in [0.25, 0.3) is 0 Å². The van der Waals surface area contributed by atoms with Crippen molar-refractivity contribution in [3.63, 3.8) is 0 Å². The number of ether oxygens (including phenoxy) is 1. The van der Waals surface area contributed by atoms with Crippen molar-refractivity contribution in [3.8, 4) is 0 Å². The van der Waals surface area contributed by atoms with Crippen LogP contribution in [0, 0.1) is 5.92 Å². The monoisotopic (exact) mass is 300 g/mol. The van der Waals surface area contributed by atoms with Crippen LogP contribution in [0.4, 0.5) is 0 Å². The van der Waals surface area contributed by atoms with Crippen LogP contribution in [0.3, 0.4) is 0 Å². The maximum absolute atomic E-state index is 12.4. The molecule has 0 saturated carbocycles. The van der Waals surface area contributed by atoms with Crippen LogP contribution in [-0.2, 0) is 16.1 Å². The summed E-state index contributed by atoms with van der Waals surface area (Å²) in [7, 11) is 3.52. The molecular formula is C15H25ClN2O2. The number of hydrogen-bond donors (Lipinski definition) is 1. The Morgan fingerprint density at radius 3 is 2.55 bits per heavy atom. The molecule has 0 aliphatic heterocycles. The van der Waals surface area contributed by atoms with E-state index in [-0.39, 0.29) is 24.2 Å². The van der Waals surface area contributed by atoms with Gasteiger partial charge in [-0.15, -0.1) is 12.4 Å². The van der Waals surface area contributed by atoms with Crippen molar-refractivity contribution in [1.82, 2.24) is 10.2 Å². The van der Waals surface area contributed by atoms with Gasteiger partial charge in [0, 0.05) is 32.7 Å². The van der Waals surface area contributed by atoms with Crippen LogP contribution < -0.4 is 5.32 Å². The minimum absolute atomic E-state index is 0. The van der Waals surface area contributed by atoms with E-state index in [2.05, 4.69) is 5.32 Å². The lowest BCUT2D eigenvalue weighted by Gasteiger charge is -2.25. The van der Waals surface area contributed by atoms with E-state index in [1.165, 1.54) is 0 Å². The second-order valence-electron chi connectivity index (χ2n) is 4.70. The highest BCUT2D eigenvalue weighted by Crippen LogP contribution is 2.08. The molecule has 1 N–H and O–H groups in total. The maximum Gasteiger partial charge on any atom is 0.227 e. The quantitative estimate of drug-likeness (QED) is 0.798. The lowest BCUT2D eigenvalue weighted by molar-refractivity contribution is -0.136. The molecule has 5 heteroatoms. The number of rotatable bonds is 8. The van der Waals surface area contributed by atoms with Gasteiger partial charge >= 0.3 is 0 Å². The summed E-state index contributed by atoms with van der Waals surface area (Å²) in [5, 5.41) is 3.04. The summed E-state index contributed by atoms with van der Waals surface area (Å²) in [6.45, 7) is 4.46. The van der Waals surface area contributed by atoms with Gasteiger partial charge in [-0.2, -0.15) is 0 Å². The SMILES string of the molecule is CNCC(C)C(=O)N(CCOC)Cc1ccccc1.Cl. The summed E-state index contributed by atoms with van der Waals surface area (Å²) < 4.78 is 5.09. The second-order valence-corrected chi connectivity index (χ2v) is 4.70. The molecule has 114 valence electrons. The number of amides is 1. The summed E-state index contributed by atoms with van der Waals surface area (Å²) in [6, 6.07) is 10.0. The van der Waals surface area contributed by atoms with E-state index in [1.54, 1.807) is 7.11 Å². The van der Waals surface area contributed by atoms with Gasteiger partial charge in [0.2, 0.25) is 5.91 Å². The third-order valence-electron chi connectivity index (χ3n) is 3.03. The Balaban J connectivity index is 0.00000361. The fourth-order valence-electron chi connectivity index (χ4n) is 1.98. The third-order valence-corrected chi connectivity index (χ3v) is 3.03. The van der Waals surface area contributed by atoms with Crippen molar-refractivity contribution < 1.29 is 9.53 Å². The van der Waals surface area contributed by atoms with Crippen LogP contribution >= 0.6 is 12.4 Å². The average molecular weight is 301 g/mol. The van der Waals surface area contributed by atoms with Crippen molar-refractivity contribution >= 4 is 18.3 Å². The Labute approximate surface area is 127 Å². The third kappa shape index (κ3) is 6.37. The minimum atomic E-state index is -0.0226. The first kappa shape index (κ1) is 18.9. The predicted molar refractivity (Wildman–Crippen MR) is 84.1 cm³/mol. The van der Waals surface area contributed by atoms with Gasteiger partial charge in [0.25, 0.3) is 0 Å². The van der Waals surface area contributed by atoms with Gasteiger partial charge < -0.3 is 15.0 Å². The Morgan fingerprint density at radius 2 is 2.00 bits per heavy atom. The van der Waals surface area contributed by atoms with E-state index in [9.17, 15) is 4.79 Å². The van der Waals surface area contributed by atoms with Crippen molar-refractivity contribution in [2.45, 2.75) is 13.5 Å². The number of benzene rings is 1. The fourth-order valence-corrected chi connectivity index (χ4v) is 1.98. The lowest BCUT2D eigenvalue weighted by Crippen LogP contribution is -2.39. The molecule has 0 spiro atoms. The van der Waals surface area contributed by atoms with Gasteiger partial charge in [-0.1, -0.05) is 37.3 Å². The molecule has 1 rings (SSSR count). The standard InChI is InChI=1S/C15H24N2O2.ClH/c1-13(11-16-2)15(18)17(9-10-19-3)12-14-7-5-4-6-8-14;/h4-8,13,16H,9-12H2,1-3H3;1H. The summed E-state index contributed by atoms with van der Waals surface area (Å²) >= 11 is 0. The average Bonchev–Trinajstić information content (AvgIpc) is 2.44. The highest BCUT2D eigenvalue weighted by Gasteiger charge is 2.19. The van der Waals surface area contributed by atoms with Crippen molar-refractivity contribution in [2.24, 2.45) is 5.92 Å². The van der Waals surface area contributed by atoms with Crippen LogP contribution in [-0.4, -0.2) is 44.7 Å². The molecule has 20 heavy (non-hydrogen) atoms. The Kier molecular flexibility index (Phi) is 10.1. The van der Waals surface area contributed by atoms with Crippen LogP contribution in [0.15, 0.2) is 30.3 Å². The zero-order valence-electron chi connectivity index (χ0n) is 12.5. The van der Waals surface area contributed by atoms with Crippen molar-refractivity contribution in [1.29, 1.82) is 0 Å². The molecule has 0 fully saturated rings. The summed E-state index contributed by atoms with van der Waals surface area (Å²) in [4.78, 5) is 14.2. The molecule has 0 heterocycles. The zero-order chi connectivity index (χ0) is 14.1. The Morgan fingerprint density at radius 1 is 1.35 bits per heavy atom. The van der Waals surface area contributed by atoms with Gasteiger partial charge in [-0.25, -0.2) is 0 Å². The van der Waals surface area contributed by atoms with Gasteiger partial charge in [0.05, 0.1) is 6.61 Å². The number of methoxy groups -OCH3 is 1. The number of nitrogens with zero attached hydrogens (tertiary/aromatic N) is 1. The van der Waals surface area contributed by atoms with Gasteiger partial charge in [0.15, 0.2) is 0 Å². The van der Waals surface area contributed by atoms with Gasteiger partial charge in [-0.05, 0) is 12.6 Å². The topological polar surface area (TPSA) is 41.6 Å². The molecule has 1 amide bonds. The number of hydrogen-bond acceptors (Lipinski definition) is 3. The molecule has 0 saturated heterocycles. The normalized spacial score (nSPS) is 11.6. The number of carbonyl (C=O) groups excluding carboxylic acids is 1. The van der Waals surface area contributed by atoms with Crippen molar-refractivity contribution in [2.75, 3.05) is 33.9 Å². The molecule has 1 aromatic carbocycles. The molecule has 0 aliphatic carbocycles. The first-order valence-electron chi connectivity index (χ1n) is 6.65. The summed E-state index contributed by atoms with van der Waals surface area (Å²) in [5.41, 5.74) is 1.14. The van der Waals surface area contributed by atoms with E-state index in [0.29, 0.717) is 26.2 Å². The molecule has 0 radical (unpaired) electrons. The molecule has 4 nitrogen and oxygen atoms in total. The predicted octanol–water partition coefficient (Wildman–Crippen LogP) is 1.94. The van der Waals surface area contributed by atoms with E-state index < -0.39 is 0 Å². The lowest BCUT2D eigenvalue weighted by atomic mass is 10.1. The Hall–Kier alpha value is -1.10. The van der Waals surface area contributed by atoms with Crippen LogP contribution in [0.1, 0.15) is 12.5 Å². The molecule has 1 atom stereocenters. The number of halogens is 1. The Bertz CT molecular complexity index is 373. The summed E-state index contributed by atoms with van der Waals surface area (Å²) in [6.07, 6.45) is 0. The molecule has 1 unspecified atom stereocenters. The molecule has 1 aromatic rings. The smallest absolute Gasteiger partial charge is 0.227 e. The van der Waals surface area contributed by atoms with E-state index in [1.807, 2.05) is 49.2 Å². The summed E-state index contributed by atoms with van der Waals surface area (Å²) in [5.74, 6) is 0.140. The van der Waals surface area contributed by atoms with E-state index in [4.69, 9.17) is 4.74 Å². The number of nitrogens with one attached hydrogen (secondary N) is 1. The highest BCUT2D eigenvalue weighted by atomic mass is 35.5. The van der Waals surface area contributed by atoms with Crippen molar-refractivity contribution in [3.05, 3.63) is 35.9 Å². The van der Waals surface area contributed by atoms with Crippen LogP contribution in [0.2, 0.25) is 0 Å². The molecule has 0 aromatic heterocycles. The molecule has 0 bridgehead atoms. The van der Waals surface area contributed by atoms with Crippen LogP contribution in [0.5, 0.6) is 0 Å². The first-order chi connectivity index (χ1) is 9.19. The second kappa shape index (κ2) is 10.7. The van der Waals surface area contributed by atoms with E-state index >= 15 is 0 Å². The minimum Gasteiger partial charge on any atom is -0.383 e. The first-order valence-corrected chi connectivity index (χ1v) is 6.65. The highest BCUT2D eigenvalue weighted by molar-refractivity contribution is 5.85. The van der Waals surface area contributed by atoms with E-state index in [0.717, 1.165) is 5.56 Å². The van der Waals surface area contributed by atoms with Gasteiger partial charge in [0.1, 0.15) is 0 Å². The fraction of sp³-hybridized carbons (Fsp3) is 0.533. The largest absolute Gasteiger partial charge is 0.383 e.